The number of carboxylic acids is 1. The molecule has 0 amide bonds. The summed E-state index contributed by atoms with van der Waals surface area (Å²) in [7, 11) is 1.90. The second-order valence-corrected chi connectivity index (χ2v) is 2.67. The third-order valence-electron chi connectivity index (χ3n) is 1.67. The van der Waals surface area contributed by atoms with Gasteiger partial charge >= 0.3 is 5.97 Å². The van der Waals surface area contributed by atoms with Gasteiger partial charge in [-0.1, -0.05) is 0 Å². The molecular weight excluding hydrogens is 142 g/mol. The normalized spacial score (nSPS) is 10.0. The molecule has 0 saturated heterocycles. The van der Waals surface area contributed by atoms with Gasteiger partial charge in [0.05, 0.1) is 6.42 Å². The van der Waals surface area contributed by atoms with E-state index in [2.05, 4.69) is 0 Å². The van der Waals surface area contributed by atoms with Crippen molar-refractivity contribution in [2.75, 3.05) is 0 Å². The maximum Gasteiger partial charge on any atom is 0.307 e. The van der Waals surface area contributed by atoms with Crippen molar-refractivity contribution < 1.29 is 9.90 Å². The molecule has 0 saturated carbocycles. The van der Waals surface area contributed by atoms with Crippen LogP contribution in [0.15, 0.2) is 12.3 Å². The average Bonchev–Trinajstić information content (AvgIpc) is 2.10. The van der Waals surface area contributed by atoms with E-state index in [1.165, 1.54) is 0 Å². The molecule has 3 nitrogen and oxygen atoms in total. The summed E-state index contributed by atoms with van der Waals surface area (Å²) >= 11 is 0. The highest BCUT2D eigenvalue weighted by molar-refractivity contribution is 5.70. The minimum atomic E-state index is -0.782. The van der Waals surface area contributed by atoms with Crippen molar-refractivity contribution in [1.29, 1.82) is 0 Å². The van der Waals surface area contributed by atoms with Gasteiger partial charge in [0.25, 0.3) is 0 Å². The Morgan fingerprint density at radius 1 is 1.73 bits per heavy atom. The van der Waals surface area contributed by atoms with Crippen molar-refractivity contribution in [3.63, 3.8) is 0 Å². The molecule has 0 unspecified atom stereocenters. The summed E-state index contributed by atoms with van der Waals surface area (Å²) in [6.07, 6.45) is 1.95. The monoisotopic (exact) mass is 153 g/mol. The van der Waals surface area contributed by atoms with E-state index in [1.54, 1.807) is 0 Å². The summed E-state index contributed by atoms with van der Waals surface area (Å²) in [6.45, 7) is 1.95. The van der Waals surface area contributed by atoms with E-state index in [4.69, 9.17) is 5.11 Å². The molecule has 1 N–H and O–H groups in total. The fourth-order valence-electron chi connectivity index (χ4n) is 1.03. The van der Waals surface area contributed by atoms with Crippen molar-refractivity contribution in [1.82, 2.24) is 4.57 Å². The van der Waals surface area contributed by atoms with Gasteiger partial charge in [0.2, 0.25) is 0 Å². The third-order valence-corrected chi connectivity index (χ3v) is 1.67. The maximum absolute atomic E-state index is 10.3. The number of aliphatic carboxylic acids is 1. The zero-order valence-corrected chi connectivity index (χ0v) is 6.66. The smallest absolute Gasteiger partial charge is 0.307 e. The van der Waals surface area contributed by atoms with E-state index in [0.29, 0.717) is 0 Å². The van der Waals surface area contributed by atoms with Gasteiger partial charge in [0.15, 0.2) is 0 Å². The van der Waals surface area contributed by atoms with Crippen LogP contribution in [0.2, 0.25) is 0 Å². The Morgan fingerprint density at radius 3 is 2.73 bits per heavy atom. The average molecular weight is 153 g/mol. The fraction of sp³-hybridized carbons (Fsp3) is 0.375. The lowest BCUT2D eigenvalue weighted by Gasteiger charge is -1.90. The number of hydrogen-bond donors (Lipinski definition) is 1. The first-order valence-corrected chi connectivity index (χ1v) is 3.43. The fourth-order valence-corrected chi connectivity index (χ4v) is 1.03. The molecule has 1 rings (SSSR count). The number of aromatic nitrogens is 1. The van der Waals surface area contributed by atoms with Crippen LogP contribution in [0.25, 0.3) is 0 Å². The summed E-state index contributed by atoms with van der Waals surface area (Å²) < 4.78 is 1.91. The zero-order valence-electron chi connectivity index (χ0n) is 6.66. The Kier molecular flexibility index (Phi) is 1.98. The van der Waals surface area contributed by atoms with Crippen molar-refractivity contribution in [3.05, 3.63) is 23.5 Å². The SMILES string of the molecule is Cc1cc(CC(=O)O)cn1C. The third kappa shape index (κ3) is 1.83. The molecule has 0 bridgehead atoms. The molecule has 0 aromatic carbocycles. The van der Waals surface area contributed by atoms with Gasteiger partial charge in [0, 0.05) is 18.9 Å². The summed E-state index contributed by atoms with van der Waals surface area (Å²) in [5, 5.41) is 8.46. The lowest BCUT2D eigenvalue weighted by Crippen LogP contribution is -1.98. The first-order chi connectivity index (χ1) is 5.09. The van der Waals surface area contributed by atoms with Crippen LogP contribution in [0.5, 0.6) is 0 Å². The van der Waals surface area contributed by atoms with E-state index in [9.17, 15) is 4.79 Å². The first-order valence-electron chi connectivity index (χ1n) is 3.43. The van der Waals surface area contributed by atoms with Gasteiger partial charge in [-0.2, -0.15) is 0 Å². The van der Waals surface area contributed by atoms with Gasteiger partial charge in [0.1, 0.15) is 0 Å². The standard InChI is InChI=1S/C8H11NO2/c1-6-3-7(4-8(10)11)5-9(6)2/h3,5H,4H2,1-2H3,(H,10,11). The summed E-state index contributed by atoms with van der Waals surface area (Å²) in [6, 6.07) is 1.88. The Labute approximate surface area is 65.3 Å². The molecule has 1 aromatic heterocycles. The molecule has 60 valence electrons. The molecule has 0 aliphatic heterocycles. The Morgan fingerprint density at radius 2 is 2.36 bits per heavy atom. The molecular formula is C8H11NO2. The highest BCUT2D eigenvalue weighted by Gasteiger charge is 2.02. The van der Waals surface area contributed by atoms with Crippen LogP contribution in [-0.2, 0) is 18.3 Å². The van der Waals surface area contributed by atoms with Crippen molar-refractivity contribution in [2.45, 2.75) is 13.3 Å². The minimum absolute atomic E-state index is 0.113. The minimum Gasteiger partial charge on any atom is -0.481 e. The summed E-state index contributed by atoms with van der Waals surface area (Å²) in [5.74, 6) is -0.782. The molecule has 1 aromatic rings. The molecule has 0 aliphatic carbocycles. The molecule has 0 fully saturated rings. The topological polar surface area (TPSA) is 42.2 Å². The molecule has 1 heterocycles. The second-order valence-electron chi connectivity index (χ2n) is 2.67. The van der Waals surface area contributed by atoms with Gasteiger partial charge < -0.3 is 9.67 Å². The van der Waals surface area contributed by atoms with E-state index >= 15 is 0 Å². The van der Waals surface area contributed by atoms with Gasteiger partial charge in [-0.3, -0.25) is 4.79 Å². The van der Waals surface area contributed by atoms with Crippen LogP contribution in [0.4, 0.5) is 0 Å². The Balaban J connectivity index is 2.81. The summed E-state index contributed by atoms with van der Waals surface area (Å²) in [5.41, 5.74) is 1.94. The maximum atomic E-state index is 10.3. The molecule has 0 spiro atoms. The van der Waals surface area contributed by atoms with Crippen LogP contribution >= 0.6 is 0 Å². The van der Waals surface area contributed by atoms with Crippen LogP contribution in [0.1, 0.15) is 11.3 Å². The molecule has 3 heteroatoms. The zero-order chi connectivity index (χ0) is 8.43. The lowest BCUT2D eigenvalue weighted by molar-refractivity contribution is -0.136. The molecule has 0 radical (unpaired) electrons. The van der Waals surface area contributed by atoms with E-state index in [1.807, 2.05) is 30.8 Å². The predicted molar refractivity (Wildman–Crippen MR) is 41.5 cm³/mol. The largest absolute Gasteiger partial charge is 0.481 e. The highest BCUT2D eigenvalue weighted by atomic mass is 16.4. The Bertz CT molecular complexity index is 256. The Hall–Kier alpha value is -1.25. The molecule has 11 heavy (non-hydrogen) atoms. The first kappa shape index (κ1) is 7.85. The highest BCUT2D eigenvalue weighted by Crippen LogP contribution is 2.05. The van der Waals surface area contributed by atoms with E-state index < -0.39 is 5.97 Å². The second kappa shape index (κ2) is 2.78. The van der Waals surface area contributed by atoms with E-state index in [0.717, 1.165) is 11.3 Å². The van der Waals surface area contributed by atoms with Crippen molar-refractivity contribution in [3.8, 4) is 0 Å². The number of hydrogen-bond acceptors (Lipinski definition) is 1. The van der Waals surface area contributed by atoms with Gasteiger partial charge in [-0.05, 0) is 18.6 Å². The quantitative estimate of drug-likeness (QED) is 0.687. The van der Waals surface area contributed by atoms with Crippen molar-refractivity contribution in [2.24, 2.45) is 7.05 Å². The van der Waals surface area contributed by atoms with E-state index in [-0.39, 0.29) is 6.42 Å². The molecule has 0 atom stereocenters. The van der Waals surface area contributed by atoms with Crippen LogP contribution in [0, 0.1) is 6.92 Å². The number of nitrogens with zero attached hydrogens (tertiary/aromatic N) is 1. The van der Waals surface area contributed by atoms with Crippen LogP contribution in [0.3, 0.4) is 0 Å². The number of aryl methyl sites for hydroxylation is 2. The van der Waals surface area contributed by atoms with Gasteiger partial charge in [-0.15, -0.1) is 0 Å². The van der Waals surface area contributed by atoms with Crippen LogP contribution < -0.4 is 0 Å². The number of carboxylic acid groups (broad SMARTS) is 1. The number of carbonyl (C=O) groups is 1. The number of rotatable bonds is 2. The molecule has 0 aliphatic rings. The summed E-state index contributed by atoms with van der Waals surface area (Å²) in [4.78, 5) is 10.3. The lowest BCUT2D eigenvalue weighted by atomic mass is 10.2. The van der Waals surface area contributed by atoms with Crippen LogP contribution in [-0.4, -0.2) is 15.6 Å². The van der Waals surface area contributed by atoms with Gasteiger partial charge in [-0.25, -0.2) is 0 Å². The predicted octanol–water partition coefficient (Wildman–Crippen LogP) is 0.961. The van der Waals surface area contributed by atoms with Crippen molar-refractivity contribution >= 4 is 5.97 Å².